The number of hydrogen-bond donors (Lipinski definition) is 2. The predicted molar refractivity (Wildman–Crippen MR) is 58.8 cm³/mol. The van der Waals surface area contributed by atoms with Gasteiger partial charge in [-0.05, 0) is 30.2 Å². The molecule has 0 spiro atoms. The third-order valence-corrected chi connectivity index (χ3v) is 2.39. The molecular formula is C10H11ClN2O. The number of rotatable bonds is 2. The first-order valence-corrected chi connectivity index (χ1v) is 4.42. The molecule has 0 bridgehead atoms. The Hall–Kier alpha value is -1.48. The molecule has 0 radical (unpaired) electrons. The van der Waals surface area contributed by atoms with E-state index in [4.69, 9.17) is 23.1 Å². The smallest absolute Gasteiger partial charge is 0.241 e. The van der Waals surface area contributed by atoms with Crippen LogP contribution in [0.3, 0.4) is 0 Å². The van der Waals surface area contributed by atoms with E-state index < -0.39 is 5.91 Å². The molecule has 0 aliphatic heterocycles. The molecule has 1 amide bonds. The number of carbonyl (C=O) groups is 1. The molecule has 4 N–H and O–H groups in total. The number of nitrogen functional groups attached to an aromatic ring is 1. The van der Waals surface area contributed by atoms with Gasteiger partial charge in [-0.1, -0.05) is 17.7 Å². The zero-order valence-corrected chi connectivity index (χ0v) is 8.51. The van der Waals surface area contributed by atoms with E-state index in [0.717, 1.165) is 11.1 Å². The van der Waals surface area contributed by atoms with Crippen LogP contribution in [0.1, 0.15) is 11.1 Å². The molecule has 1 rings (SSSR count). The van der Waals surface area contributed by atoms with Crippen LogP contribution in [0.2, 0.25) is 5.02 Å². The van der Waals surface area contributed by atoms with Crippen molar-refractivity contribution in [1.82, 2.24) is 0 Å². The van der Waals surface area contributed by atoms with Gasteiger partial charge in [-0.3, -0.25) is 4.79 Å². The normalized spacial score (nSPS) is 10.7. The van der Waals surface area contributed by atoms with Crippen molar-refractivity contribution in [3.8, 4) is 0 Å². The second-order valence-electron chi connectivity index (χ2n) is 2.92. The molecule has 14 heavy (non-hydrogen) atoms. The summed E-state index contributed by atoms with van der Waals surface area (Å²) < 4.78 is 0. The summed E-state index contributed by atoms with van der Waals surface area (Å²) in [6, 6.07) is 3.48. The lowest BCUT2D eigenvalue weighted by Crippen LogP contribution is -2.05. The summed E-state index contributed by atoms with van der Waals surface area (Å²) in [6.07, 6.45) is 2.83. The summed E-state index contributed by atoms with van der Waals surface area (Å²) in [4.78, 5) is 10.5. The molecule has 0 aliphatic carbocycles. The summed E-state index contributed by atoms with van der Waals surface area (Å²) >= 11 is 6.00. The Kier molecular flexibility index (Phi) is 3.14. The number of hydrogen-bond acceptors (Lipinski definition) is 2. The molecule has 0 aromatic heterocycles. The van der Waals surface area contributed by atoms with Crippen LogP contribution in [0, 0.1) is 6.92 Å². The van der Waals surface area contributed by atoms with E-state index in [9.17, 15) is 4.79 Å². The maximum Gasteiger partial charge on any atom is 0.241 e. The lowest BCUT2D eigenvalue weighted by atomic mass is 10.1. The molecule has 0 atom stereocenters. The lowest BCUT2D eigenvalue weighted by Gasteiger charge is -2.05. The zero-order valence-electron chi connectivity index (χ0n) is 7.75. The Labute approximate surface area is 87.3 Å². The molecule has 0 fully saturated rings. The summed E-state index contributed by atoms with van der Waals surface area (Å²) in [7, 11) is 0. The standard InChI is InChI=1S/C10H11ClN2O/c1-6-8(12)4-2-7(10(6)11)3-5-9(13)14/h2-5H,12H2,1H3,(H2,13,14). The molecule has 0 saturated carbocycles. The summed E-state index contributed by atoms with van der Waals surface area (Å²) in [5, 5.41) is 0.544. The van der Waals surface area contributed by atoms with Crippen molar-refractivity contribution in [2.75, 3.05) is 5.73 Å². The Bertz CT molecular complexity index is 399. The fourth-order valence-corrected chi connectivity index (χ4v) is 1.26. The second kappa shape index (κ2) is 4.15. The molecular weight excluding hydrogens is 200 g/mol. The van der Waals surface area contributed by atoms with Gasteiger partial charge in [0.25, 0.3) is 0 Å². The Morgan fingerprint density at radius 3 is 2.71 bits per heavy atom. The SMILES string of the molecule is Cc1c(N)ccc(C=CC(N)=O)c1Cl. The van der Waals surface area contributed by atoms with Crippen LogP contribution in [-0.2, 0) is 4.79 Å². The van der Waals surface area contributed by atoms with E-state index in [1.165, 1.54) is 6.08 Å². The quantitative estimate of drug-likeness (QED) is 0.577. The Morgan fingerprint density at radius 1 is 1.50 bits per heavy atom. The molecule has 0 saturated heterocycles. The minimum Gasteiger partial charge on any atom is -0.398 e. The molecule has 0 unspecified atom stereocenters. The van der Waals surface area contributed by atoms with Crippen LogP contribution >= 0.6 is 11.6 Å². The van der Waals surface area contributed by atoms with E-state index in [1.54, 1.807) is 18.2 Å². The monoisotopic (exact) mass is 210 g/mol. The number of nitrogens with two attached hydrogens (primary N) is 2. The average molecular weight is 211 g/mol. The van der Waals surface area contributed by atoms with Crippen molar-refractivity contribution in [2.24, 2.45) is 5.73 Å². The van der Waals surface area contributed by atoms with Crippen molar-refractivity contribution >= 4 is 29.3 Å². The van der Waals surface area contributed by atoms with Crippen LogP contribution in [0.15, 0.2) is 18.2 Å². The van der Waals surface area contributed by atoms with Gasteiger partial charge in [0.1, 0.15) is 0 Å². The second-order valence-corrected chi connectivity index (χ2v) is 3.30. The van der Waals surface area contributed by atoms with E-state index in [2.05, 4.69) is 0 Å². The molecule has 3 nitrogen and oxygen atoms in total. The molecule has 0 heterocycles. The van der Waals surface area contributed by atoms with Gasteiger partial charge in [0, 0.05) is 11.8 Å². The minimum absolute atomic E-state index is 0.504. The van der Waals surface area contributed by atoms with E-state index in [1.807, 2.05) is 6.92 Å². The van der Waals surface area contributed by atoms with Gasteiger partial charge in [-0.25, -0.2) is 0 Å². The van der Waals surface area contributed by atoms with Crippen LogP contribution < -0.4 is 11.5 Å². The Morgan fingerprint density at radius 2 is 2.14 bits per heavy atom. The number of anilines is 1. The topological polar surface area (TPSA) is 69.1 Å². The minimum atomic E-state index is -0.504. The molecule has 1 aromatic rings. The molecule has 4 heteroatoms. The van der Waals surface area contributed by atoms with E-state index in [0.29, 0.717) is 10.7 Å². The first-order chi connectivity index (χ1) is 6.52. The molecule has 1 aromatic carbocycles. The number of benzene rings is 1. The third kappa shape index (κ3) is 2.26. The summed E-state index contributed by atoms with van der Waals surface area (Å²) in [5.41, 5.74) is 12.8. The van der Waals surface area contributed by atoms with E-state index in [-0.39, 0.29) is 0 Å². The van der Waals surface area contributed by atoms with Crippen LogP contribution in [0.25, 0.3) is 6.08 Å². The van der Waals surface area contributed by atoms with Crippen molar-refractivity contribution in [3.63, 3.8) is 0 Å². The highest BCUT2D eigenvalue weighted by molar-refractivity contribution is 6.33. The highest BCUT2D eigenvalue weighted by Gasteiger charge is 2.03. The van der Waals surface area contributed by atoms with Gasteiger partial charge in [-0.2, -0.15) is 0 Å². The molecule has 74 valence electrons. The van der Waals surface area contributed by atoms with Crippen molar-refractivity contribution in [3.05, 3.63) is 34.4 Å². The highest BCUT2D eigenvalue weighted by atomic mass is 35.5. The van der Waals surface area contributed by atoms with Gasteiger partial charge in [0.15, 0.2) is 0 Å². The zero-order chi connectivity index (χ0) is 10.7. The molecule has 0 aliphatic rings. The fourth-order valence-electron chi connectivity index (χ4n) is 1.02. The van der Waals surface area contributed by atoms with Gasteiger partial charge in [0.2, 0.25) is 5.91 Å². The summed E-state index contributed by atoms with van der Waals surface area (Å²) in [6.45, 7) is 1.82. The Balaban J connectivity index is 3.12. The number of halogens is 1. The first-order valence-electron chi connectivity index (χ1n) is 4.04. The number of primary amides is 1. The maximum absolute atomic E-state index is 10.5. The van der Waals surface area contributed by atoms with Gasteiger partial charge >= 0.3 is 0 Å². The summed E-state index contributed by atoms with van der Waals surface area (Å²) in [5.74, 6) is -0.504. The predicted octanol–water partition coefficient (Wildman–Crippen LogP) is 1.73. The lowest BCUT2D eigenvalue weighted by molar-refractivity contribution is -0.113. The van der Waals surface area contributed by atoms with Gasteiger partial charge < -0.3 is 11.5 Å². The van der Waals surface area contributed by atoms with Crippen molar-refractivity contribution < 1.29 is 4.79 Å². The van der Waals surface area contributed by atoms with Crippen LogP contribution in [0.4, 0.5) is 5.69 Å². The van der Waals surface area contributed by atoms with Crippen LogP contribution in [-0.4, -0.2) is 5.91 Å². The third-order valence-electron chi connectivity index (χ3n) is 1.89. The first kappa shape index (κ1) is 10.6. The maximum atomic E-state index is 10.5. The van der Waals surface area contributed by atoms with Gasteiger partial charge in [0.05, 0.1) is 5.02 Å². The highest BCUT2D eigenvalue weighted by Crippen LogP contribution is 2.26. The largest absolute Gasteiger partial charge is 0.398 e. The van der Waals surface area contributed by atoms with Gasteiger partial charge in [-0.15, -0.1) is 0 Å². The fraction of sp³-hybridized carbons (Fsp3) is 0.100. The van der Waals surface area contributed by atoms with Crippen LogP contribution in [0.5, 0.6) is 0 Å². The number of amides is 1. The van der Waals surface area contributed by atoms with E-state index >= 15 is 0 Å². The average Bonchev–Trinajstić information content (AvgIpc) is 2.13. The van der Waals surface area contributed by atoms with Crippen molar-refractivity contribution in [2.45, 2.75) is 6.92 Å². The van der Waals surface area contributed by atoms with Crippen molar-refractivity contribution in [1.29, 1.82) is 0 Å². The number of carbonyl (C=O) groups excluding carboxylic acids is 1.